The first-order valence-electron chi connectivity index (χ1n) is 6.22. The van der Waals surface area contributed by atoms with Gasteiger partial charge in [0.25, 0.3) is 0 Å². The Kier molecular flexibility index (Phi) is 4.22. The molecule has 0 unspecified atom stereocenters. The number of carboxylic acid groups (broad SMARTS) is 1. The van der Waals surface area contributed by atoms with Crippen molar-refractivity contribution in [2.75, 3.05) is 5.32 Å². The van der Waals surface area contributed by atoms with Crippen molar-refractivity contribution in [1.82, 2.24) is 0 Å². The molecule has 0 fully saturated rings. The van der Waals surface area contributed by atoms with Crippen LogP contribution in [-0.2, 0) is 6.42 Å². The summed E-state index contributed by atoms with van der Waals surface area (Å²) in [7, 11) is 0. The standard InChI is InChI=1S/C15H17NO2S/c1-10(2)16-14-13(15(17)18)9-12(19-14)8-11-6-4-3-5-7-11/h3-7,9-10,16H,8H2,1-2H3,(H,17,18). The van der Waals surface area contributed by atoms with Gasteiger partial charge < -0.3 is 10.4 Å². The van der Waals surface area contributed by atoms with Gasteiger partial charge in [0.15, 0.2) is 0 Å². The Morgan fingerprint density at radius 3 is 2.58 bits per heavy atom. The van der Waals surface area contributed by atoms with Crippen LogP contribution in [0.5, 0.6) is 0 Å². The summed E-state index contributed by atoms with van der Waals surface area (Å²) in [5.41, 5.74) is 1.56. The van der Waals surface area contributed by atoms with Crippen molar-refractivity contribution in [2.24, 2.45) is 0 Å². The highest BCUT2D eigenvalue weighted by molar-refractivity contribution is 7.16. The molecule has 1 heterocycles. The number of hydrogen-bond acceptors (Lipinski definition) is 3. The molecule has 0 aliphatic rings. The first-order valence-corrected chi connectivity index (χ1v) is 7.04. The topological polar surface area (TPSA) is 49.3 Å². The summed E-state index contributed by atoms with van der Waals surface area (Å²) < 4.78 is 0. The van der Waals surface area contributed by atoms with E-state index in [0.717, 1.165) is 16.3 Å². The fourth-order valence-corrected chi connectivity index (χ4v) is 3.08. The molecule has 0 aliphatic heterocycles. The number of anilines is 1. The Hall–Kier alpha value is -1.81. The Labute approximate surface area is 116 Å². The van der Waals surface area contributed by atoms with Gasteiger partial charge in [0.05, 0.1) is 5.56 Å². The van der Waals surface area contributed by atoms with E-state index in [-0.39, 0.29) is 6.04 Å². The monoisotopic (exact) mass is 275 g/mol. The van der Waals surface area contributed by atoms with Crippen LogP contribution >= 0.6 is 11.3 Å². The van der Waals surface area contributed by atoms with E-state index >= 15 is 0 Å². The van der Waals surface area contributed by atoms with Crippen molar-refractivity contribution in [3.8, 4) is 0 Å². The molecule has 2 N–H and O–H groups in total. The summed E-state index contributed by atoms with van der Waals surface area (Å²) in [4.78, 5) is 12.3. The maximum atomic E-state index is 11.2. The quantitative estimate of drug-likeness (QED) is 0.871. The van der Waals surface area contributed by atoms with E-state index in [1.165, 1.54) is 16.9 Å². The third-order valence-corrected chi connectivity index (χ3v) is 3.72. The zero-order valence-corrected chi connectivity index (χ0v) is 11.8. The van der Waals surface area contributed by atoms with E-state index in [9.17, 15) is 9.90 Å². The van der Waals surface area contributed by atoms with Gasteiger partial charge in [0.1, 0.15) is 5.00 Å². The Bertz CT molecular complexity index is 561. The summed E-state index contributed by atoms with van der Waals surface area (Å²) in [5, 5.41) is 13.2. The summed E-state index contributed by atoms with van der Waals surface area (Å²) >= 11 is 1.52. The van der Waals surface area contributed by atoms with E-state index in [4.69, 9.17) is 0 Å². The second-order valence-electron chi connectivity index (χ2n) is 4.72. The van der Waals surface area contributed by atoms with Crippen molar-refractivity contribution >= 4 is 22.3 Å². The molecule has 0 saturated heterocycles. The van der Waals surface area contributed by atoms with E-state index in [1.54, 1.807) is 6.07 Å². The summed E-state index contributed by atoms with van der Waals surface area (Å²) in [6.45, 7) is 4.00. The second-order valence-corrected chi connectivity index (χ2v) is 5.86. The number of rotatable bonds is 5. The second kappa shape index (κ2) is 5.89. The molecule has 2 aromatic rings. The third kappa shape index (κ3) is 3.58. The minimum Gasteiger partial charge on any atom is -0.478 e. The molecule has 3 nitrogen and oxygen atoms in total. The molecular weight excluding hydrogens is 258 g/mol. The lowest BCUT2D eigenvalue weighted by Gasteiger charge is -2.07. The predicted molar refractivity (Wildman–Crippen MR) is 79.3 cm³/mol. The lowest BCUT2D eigenvalue weighted by Crippen LogP contribution is -2.11. The summed E-state index contributed by atoms with van der Waals surface area (Å²) in [5.74, 6) is -0.876. The van der Waals surface area contributed by atoms with Gasteiger partial charge in [0.2, 0.25) is 0 Å². The number of aromatic carboxylic acids is 1. The SMILES string of the molecule is CC(C)Nc1sc(Cc2ccccc2)cc1C(=O)O. The highest BCUT2D eigenvalue weighted by Crippen LogP contribution is 2.30. The fourth-order valence-electron chi connectivity index (χ4n) is 1.85. The van der Waals surface area contributed by atoms with Crippen LogP contribution in [0.15, 0.2) is 36.4 Å². The minimum atomic E-state index is -0.876. The van der Waals surface area contributed by atoms with Crippen LogP contribution < -0.4 is 5.32 Å². The van der Waals surface area contributed by atoms with Crippen LogP contribution in [0.2, 0.25) is 0 Å². The number of nitrogens with one attached hydrogen (secondary N) is 1. The Balaban J connectivity index is 2.25. The van der Waals surface area contributed by atoms with Crippen LogP contribution in [0.3, 0.4) is 0 Å². The molecule has 0 aliphatic carbocycles. The van der Waals surface area contributed by atoms with E-state index < -0.39 is 5.97 Å². The maximum Gasteiger partial charge on any atom is 0.338 e. The average molecular weight is 275 g/mol. The number of carbonyl (C=O) groups is 1. The van der Waals surface area contributed by atoms with Gasteiger partial charge in [-0.2, -0.15) is 0 Å². The Morgan fingerprint density at radius 2 is 2.00 bits per heavy atom. The van der Waals surface area contributed by atoms with Gasteiger partial charge in [-0.05, 0) is 25.5 Å². The first-order chi connectivity index (χ1) is 9.06. The molecule has 0 bridgehead atoms. The van der Waals surface area contributed by atoms with Gasteiger partial charge in [-0.1, -0.05) is 30.3 Å². The molecule has 4 heteroatoms. The van der Waals surface area contributed by atoms with Crippen LogP contribution in [-0.4, -0.2) is 17.1 Å². The molecule has 0 radical (unpaired) electrons. The van der Waals surface area contributed by atoms with Crippen molar-refractivity contribution < 1.29 is 9.90 Å². The van der Waals surface area contributed by atoms with E-state index in [2.05, 4.69) is 17.4 Å². The molecule has 0 atom stereocenters. The van der Waals surface area contributed by atoms with Gasteiger partial charge >= 0.3 is 5.97 Å². The zero-order valence-electron chi connectivity index (χ0n) is 11.0. The zero-order chi connectivity index (χ0) is 13.8. The van der Waals surface area contributed by atoms with E-state index in [0.29, 0.717) is 5.56 Å². The number of benzene rings is 1. The summed E-state index contributed by atoms with van der Waals surface area (Å²) in [6, 6.07) is 12.1. The Morgan fingerprint density at radius 1 is 1.32 bits per heavy atom. The molecule has 0 amide bonds. The van der Waals surface area contributed by atoms with Crippen LogP contribution in [0.25, 0.3) is 0 Å². The molecule has 100 valence electrons. The molecular formula is C15H17NO2S. The minimum absolute atomic E-state index is 0.223. The van der Waals surface area contributed by atoms with Gasteiger partial charge in [-0.3, -0.25) is 0 Å². The van der Waals surface area contributed by atoms with Crippen molar-refractivity contribution in [1.29, 1.82) is 0 Å². The molecule has 0 saturated carbocycles. The van der Waals surface area contributed by atoms with Gasteiger partial charge in [0, 0.05) is 17.3 Å². The van der Waals surface area contributed by atoms with Crippen LogP contribution in [0.4, 0.5) is 5.00 Å². The van der Waals surface area contributed by atoms with Gasteiger partial charge in [-0.25, -0.2) is 4.79 Å². The summed E-state index contributed by atoms with van der Waals surface area (Å²) in [6.07, 6.45) is 0.769. The number of carboxylic acids is 1. The van der Waals surface area contributed by atoms with Crippen LogP contribution in [0, 0.1) is 0 Å². The normalized spacial score (nSPS) is 10.7. The van der Waals surface area contributed by atoms with Gasteiger partial charge in [-0.15, -0.1) is 11.3 Å². The fraction of sp³-hybridized carbons (Fsp3) is 0.267. The third-order valence-electron chi connectivity index (χ3n) is 2.65. The molecule has 19 heavy (non-hydrogen) atoms. The molecule has 1 aromatic heterocycles. The van der Waals surface area contributed by atoms with E-state index in [1.807, 2.05) is 32.0 Å². The lowest BCUT2D eigenvalue weighted by molar-refractivity contribution is 0.0698. The smallest absolute Gasteiger partial charge is 0.338 e. The van der Waals surface area contributed by atoms with Crippen molar-refractivity contribution in [3.05, 3.63) is 52.4 Å². The average Bonchev–Trinajstić information content (AvgIpc) is 2.72. The predicted octanol–water partition coefficient (Wildman–Crippen LogP) is 3.86. The highest BCUT2D eigenvalue weighted by atomic mass is 32.1. The molecule has 2 rings (SSSR count). The largest absolute Gasteiger partial charge is 0.478 e. The lowest BCUT2D eigenvalue weighted by atomic mass is 10.1. The van der Waals surface area contributed by atoms with Crippen LogP contribution in [0.1, 0.15) is 34.6 Å². The number of thiophene rings is 1. The molecule has 1 aromatic carbocycles. The first kappa shape index (κ1) is 13.6. The number of hydrogen-bond donors (Lipinski definition) is 2. The molecule has 0 spiro atoms. The highest BCUT2D eigenvalue weighted by Gasteiger charge is 2.15. The van der Waals surface area contributed by atoms with Crippen molar-refractivity contribution in [2.45, 2.75) is 26.3 Å². The maximum absolute atomic E-state index is 11.2. The van der Waals surface area contributed by atoms with Crippen molar-refractivity contribution in [3.63, 3.8) is 0 Å².